The van der Waals surface area contributed by atoms with E-state index in [9.17, 15) is 8.78 Å². The van der Waals surface area contributed by atoms with E-state index in [-0.39, 0.29) is 12.4 Å². The summed E-state index contributed by atoms with van der Waals surface area (Å²) in [4.78, 5) is 2.17. The van der Waals surface area contributed by atoms with E-state index in [1.54, 1.807) is 6.07 Å². The third-order valence-electron chi connectivity index (χ3n) is 3.74. The lowest BCUT2D eigenvalue weighted by Gasteiger charge is -2.32. The van der Waals surface area contributed by atoms with Crippen LogP contribution in [0.1, 0.15) is 17.5 Å². The molecule has 5 heteroatoms. The van der Waals surface area contributed by atoms with Crippen LogP contribution in [0.5, 0.6) is 0 Å². The van der Waals surface area contributed by atoms with Gasteiger partial charge in [-0.2, -0.15) is 0 Å². The minimum absolute atomic E-state index is 0. The molecule has 0 amide bonds. The van der Waals surface area contributed by atoms with Crippen LogP contribution in [0.25, 0.3) is 0 Å². The summed E-state index contributed by atoms with van der Waals surface area (Å²) in [5, 5.41) is 0. The molecule has 0 atom stereocenters. The molecule has 0 aliphatic carbocycles. The molecule has 0 aromatic heterocycles. The van der Waals surface area contributed by atoms with Crippen molar-refractivity contribution in [3.63, 3.8) is 0 Å². The molecule has 21 heavy (non-hydrogen) atoms. The average Bonchev–Trinajstić information content (AvgIpc) is 2.44. The highest BCUT2D eigenvalue weighted by molar-refractivity contribution is 5.85. The van der Waals surface area contributed by atoms with Crippen molar-refractivity contribution in [2.45, 2.75) is 19.4 Å². The van der Waals surface area contributed by atoms with Crippen molar-refractivity contribution in [1.29, 1.82) is 0 Å². The first-order chi connectivity index (χ1) is 9.65. The normalized spacial score (nSPS) is 13.5. The van der Waals surface area contributed by atoms with E-state index in [1.165, 1.54) is 12.1 Å². The van der Waals surface area contributed by atoms with Crippen LogP contribution in [0, 0.1) is 11.6 Å². The largest absolute Gasteiger partial charge is 0.398 e. The van der Waals surface area contributed by atoms with Gasteiger partial charge in [-0.25, -0.2) is 8.78 Å². The van der Waals surface area contributed by atoms with E-state index in [0.29, 0.717) is 6.54 Å². The molecule has 0 bridgehead atoms. The van der Waals surface area contributed by atoms with Crippen molar-refractivity contribution >= 4 is 23.8 Å². The Morgan fingerprint density at radius 2 is 1.90 bits per heavy atom. The number of fused-ring (bicyclic) bond motifs is 1. The number of halogens is 3. The zero-order valence-electron chi connectivity index (χ0n) is 11.5. The van der Waals surface area contributed by atoms with Crippen LogP contribution in [0.15, 0.2) is 36.4 Å². The maximum Gasteiger partial charge on any atom is 0.159 e. The Morgan fingerprint density at radius 3 is 2.67 bits per heavy atom. The predicted molar refractivity (Wildman–Crippen MR) is 83.8 cm³/mol. The van der Waals surface area contributed by atoms with Gasteiger partial charge in [-0.05, 0) is 48.2 Å². The van der Waals surface area contributed by atoms with Gasteiger partial charge in [0.15, 0.2) is 11.6 Å². The topological polar surface area (TPSA) is 29.3 Å². The Labute approximate surface area is 129 Å². The van der Waals surface area contributed by atoms with Crippen molar-refractivity contribution in [3.05, 3.63) is 59.2 Å². The number of nitrogens with zero attached hydrogens (tertiary/aromatic N) is 1. The second-order valence-corrected chi connectivity index (χ2v) is 5.12. The summed E-state index contributed by atoms with van der Waals surface area (Å²) in [7, 11) is 0. The smallest absolute Gasteiger partial charge is 0.159 e. The third kappa shape index (κ3) is 3.10. The van der Waals surface area contributed by atoms with Crippen LogP contribution >= 0.6 is 12.4 Å². The SMILES string of the molecule is Cl.Nc1cccc2c1CCCN2Cc1ccc(F)c(F)c1. The van der Waals surface area contributed by atoms with Crippen molar-refractivity contribution in [1.82, 2.24) is 0 Å². The summed E-state index contributed by atoms with van der Waals surface area (Å²) in [6.45, 7) is 1.46. The molecule has 112 valence electrons. The summed E-state index contributed by atoms with van der Waals surface area (Å²) in [6.07, 6.45) is 1.99. The van der Waals surface area contributed by atoms with Crippen molar-refractivity contribution in [2.75, 3.05) is 17.2 Å². The fourth-order valence-electron chi connectivity index (χ4n) is 2.75. The Morgan fingerprint density at radius 1 is 1.10 bits per heavy atom. The minimum Gasteiger partial charge on any atom is -0.398 e. The zero-order chi connectivity index (χ0) is 14.1. The standard InChI is InChI=1S/C16H16F2N2.ClH/c17-13-7-6-11(9-14(13)18)10-20-8-2-3-12-15(19)4-1-5-16(12)20;/h1,4-7,9H,2-3,8,10,19H2;1H. The fourth-order valence-corrected chi connectivity index (χ4v) is 2.75. The molecular weight excluding hydrogens is 294 g/mol. The second-order valence-electron chi connectivity index (χ2n) is 5.12. The molecule has 0 radical (unpaired) electrons. The summed E-state index contributed by atoms with van der Waals surface area (Å²) in [5.41, 5.74) is 9.82. The van der Waals surface area contributed by atoms with Gasteiger partial charge in [0, 0.05) is 24.5 Å². The number of rotatable bonds is 2. The first-order valence-corrected chi connectivity index (χ1v) is 6.71. The van der Waals surface area contributed by atoms with Gasteiger partial charge in [-0.15, -0.1) is 12.4 Å². The average molecular weight is 311 g/mol. The molecule has 0 saturated heterocycles. The highest BCUT2D eigenvalue weighted by Crippen LogP contribution is 2.32. The van der Waals surface area contributed by atoms with Gasteiger partial charge < -0.3 is 10.6 Å². The maximum absolute atomic E-state index is 13.3. The summed E-state index contributed by atoms with van der Waals surface area (Å²) >= 11 is 0. The Balaban J connectivity index is 0.00000161. The summed E-state index contributed by atoms with van der Waals surface area (Å²) in [6, 6.07) is 9.92. The number of nitrogen functional groups attached to an aromatic ring is 1. The molecule has 2 N–H and O–H groups in total. The quantitative estimate of drug-likeness (QED) is 0.852. The van der Waals surface area contributed by atoms with Crippen LogP contribution in [0.2, 0.25) is 0 Å². The lowest BCUT2D eigenvalue weighted by atomic mass is 9.99. The molecule has 2 nitrogen and oxygen atoms in total. The molecule has 0 fully saturated rings. The van der Waals surface area contributed by atoms with E-state index in [1.807, 2.05) is 18.2 Å². The Hall–Kier alpha value is -1.81. The number of hydrogen-bond acceptors (Lipinski definition) is 2. The second kappa shape index (κ2) is 6.31. The van der Waals surface area contributed by atoms with Crippen LogP contribution in [0.3, 0.4) is 0 Å². The van der Waals surface area contributed by atoms with Crippen molar-refractivity contribution < 1.29 is 8.78 Å². The third-order valence-corrected chi connectivity index (χ3v) is 3.74. The summed E-state index contributed by atoms with van der Waals surface area (Å²) in [5.74, 6) is -1.61. The van der Waals surface area contributed by atoms with Crippen LogP contribution in [0.4, 0.5) is 20.2 Å². The molecule has 0 unspecified atom stereocenters. The molecule has 1 heterocycles. The Kier molecular flexibility index (Phi) is 4.68. The van der Waals surface area contributed by atoms with Gasteiger partial charge in [-0.3, -0.25) is 0 Å². The first-order valence-electron chi connectivity index (χ1n) is 6.71. The van der Waals surface area contributed by atoms with Crippen LogP contribution < -0.4 is 10.6 Å². The molecule has 1 aliphatic rings. The fraction of sp³-hybridized carbons (Fsp3) is 0.250. The van der Waals surface area contributed by atoms with Crippen molar-refractivity contribution in [3.8, 4) is 0 Å². The number of nitrogens with two attached hydrogens (primary N) is 1. The number of hydrogen-bond donors (Lipinski definition) is 1. The monoisotopic (exact) mass is 310 g/mol. The van der Waals surface area contributed by atoms with Gasteiger partial charge in [0.2, 0.25) is 0 Å². The number of anilines is 2. The highest BCUT2D eigenvalue weighted by Gasteiger charge is 2.18. The number of benzene rings is 2. The summed E-state index contributed by atoms with van der Waals surface area (Å²) < 4.78 is 26.2. The molecule has 2 aromatic carbocycles. The van der Waals surface area contributed by atoms with E-state index in [0.717, 1.165) is 41.9 Å². The molecule has 0 spiro atoms. The van der Waals surface area contributed by atoms with E-state index in [2.05, 4.69) is 4.90 Å². The lowest BCUT2D eigenvalue weighted by molar-refractivity contribution is 0.506. The zero-order valence-corrected chi connectivity index (χ0v) is 12.3. The lowest BCUT2D eigenvalue weighted by Crippen LogP contribution is -2.29. The van der Waals surface area contributed by atoms with Gasteiger partial charge >= 0.3 is 0 Å². The van der Waals surface area contributed by atoms with E-state index < -0.39 is 11.6 Å². The van der Waals surface area contributed by atoms with Crippen LogP contribution in [-0.4, -0.2) is 6.54 Å². The predicted octanol–water partition coefficient (Wildman–Crippen LogP) is 3.92. The van der Waals surface area contributed by atoms with Gasteiger partial charge in [0.25, 0.3) is 0 Å². The molecule has 2 aromatic rings. The molecule has 1 aliphatic heterocycles. The highest BCUT2D eigenvalue weighted by atomic mass is 35.5. The molecule has 3 rings (SSSR count). The van der Waals surface area contributed by atoms with Gasteiger partial charge in [-0.1, -0.05) is 12.1 Å². The van der Waals surface area contributed by atoms with Gasteiger partial charge in [0.1, 0.15) is 0 Å². The van der Waals surface area contributed by atoms with E-state index in [4.69, 9.17) is 5.73 Å². The van der Waals surface area contributed by atoms with E-state index >= 15 is 0 Å². The maximum atomic E-state index is 13.3. The first kappa shape index (κ1) is 15.6. The molecular formula is C16H17ClF2N2. The van der Waals surface area contributed by atoms with Crippen molar-refractivity contribution in [2.24, 2.45) is 0 Å². The minimum atomic E-state index is -0.808. The molecule has 0 saturated carbocycles. The van der Waals surface area contributed by atoms with Crippen LogP contribution in [-0.2, 0) is 13.0 Å². The van der Waals surface area contributed by atoms with Gasteiger partial charge in [0.05, 0.1) is 0 Å². The Bertz CT molecular complexity index is 646.